The lowest BCUT2D eigenvalue weighted by Gasteiger charge is -2.29. The number of alkyl carbamates (subject to hydrolysis) is 1. The fourth-order valence-corrected chi connectivity index (χ4v) is 3.27. The van der Waals surface area contributed by atoms with Crippen LogP contribution in [-0.2, 0) is 20.9 Å². The molecule has 0 unspecified atom stereocenters. The predicted molar refractivity (Wildman–Crippen MR) is 109 cm³/mol. The van der Waals surface area contributed by atoms with Crippen molar-refractivity contribution in [3.8, 4) is 0 Å². The zero-order valence-electron chi connectivity index (χ0n) is 17.5. The molecule has 156 valence electrons. The molecule has 2 rings (SSSR count). The molecule has 0 heterocycles. The molecule has 1 saturated carbocycles. The highest BCUT2D eigenvalue weighted by Gasteiger charge is 2.31. The van der Waals surface area contributed by atoms with Crippen molar-refractivity contribution in [2.24, 2.45) is 0 Å². The molecule has 0 bridgehead atoms. The van der Waals surface area contributed by atoms with Crippen molar-refractivity contribution in [2.45, 2.75) is 90.2 Å². The van der Waals surface area contributed by atoms with Gasteiger partial charge in [-0.1, -0.05) is 49.6 Å². The zero-order valence-corrected chi connectivity index (χ0v) is 17.5. The van der Waals surface area contributed by atoms with E-state index in [1.807, 2.05) is 30.3 Å². The SMILES string of the molecule is C[C@H](OCc1ccccc1)[C@@H](NC(=O)OC(C)(C)C)C(=O)NC1CCCCC1. The molecule has 0 aliphatic heterocycles. The molecule has 0 radical (unpaired) electrons. The number of hydrogen-bond donors (Lipinski definition) is 2. The van der Waals surface area contributed by atoms with Crippen LogP contribution in [0, 0.1) is 0 Å². The number of carbonyl (C=O) groups is 2. The molecule has 0 saturated heterocycles. The number of hydrogen-bond acceptors (Lipinski definition) is 4. The van der Waals surface area contributed by atoms with Gasteiger partial charge >= 0.3 is 6.09 Å². The number of nitrogens with one attached hydrogen (secondary N) is 2. The average molecular weight is 391 g/mol. The molecular formula is C22H34N2O4. The van der Waals surface area contributed by atoms with Crippen LogP contribution in [0.2, 0.25) is 0 Å². The summed E-state index contributed by atoms with van der Waals surface area (Å²) in [7, 11) is 0. The molecule has 28 heavy (non-hydrogen) atoms. The van der Waals surface area contributed by atoms with Crippen LogP contribution in [0.1, 0.15) is 65.4 Å². The molecule has 1 aliphatic rings. The van der Waals surface area contributed by atoms with Gasteiger partial charge in [-0.2, -0.15) is 0 Å². The number of benzene rings is 1. The topological polar surface area (TPSA) is 76.7 Å². The van der Waals surface area contributed by atoms with Crippen molar-refractivity contribution in [3.05, 3.63) is 35.9 Å². The van der Waals surface area contributed by atoms with Gasteiger partial charge < -0.3 is 20.1 Å². The van der Waals surface area contributed by atoms with E-state index in [0.717, 1.165) is 31.2 Å². The predicted octanol–water partition coefficient (Wildman–Crippen LogP) is 3.93. The van der Waals surface area contributed by atoms with Crippen molar-refractivity contribution < 1.29 is 19.1 Å². The lowest BCUT2D eigenvalue weighted by molar-refractivity contribution is -0.128. The Labute approximate surface area is 168 Å². The third-order valence-electron chi connectivity index (χ3n) is 4.73. The van der Waals surface area contributed by atoms with Gasteiger partial charge in [-0.25, -0.2) is 4.79 Å². The summed E-state index contributed by atoms with van der Waals surface area (Å²) in [6.45, 7) is 7.54. The molecule has 6 heteroatoms. The van der Waals surface area contributed by atoms with Crippen LogP contribution < -0.4 is 10.6 Å². The quantitative estimate of drug-likeness (QED) is 0.739. The summed E-state index contributed by atoms with van der Waals surface area (Å²) in [4.78, 5) is 25.2. The number of ether oxygens (including phenoxy) is 2. The zero-order chi connectivity index (χ0) is 20.6. The van der Waals surface area contributed by atoms with Crippen LogP contribution in [-0.4, -0.2) is 35.8 Å². The van der Waals surface area contributed by atoms with Crippen LogP contribution >= 0.6 is 0 Å². The van der Waals surface area contributed by atoms with Crippen molar-refractivity contribution in [2.75, 3.05) is 0 Å². The summed E-state index contributed by atoms with van der Waals surface area (Å²) in [6, 6.07) is 9.09. The fourth-order valence-electron chi connectivity index (χ4n) is 3.27. The Balaban J connectivity index is 2.00. The smallest absolute Gasteiger partial charge is 0.408 e. The van der Waals surface area contributed by atoms with E-state index in [0.29, 0.717) is 6.61 Å². The van der Waals surface area contributed by atoms with Crippen LogP contribution in [0.15, 0.2) is 30.3 Å². The van der Waals surface area contributed by atoms with Gasteiger partial charge in [-0.15, -0.1) is 0 Å². The number of carbonyl (C=O) groups excluding carboxylic acids is 2. The molecule has 2 N–H and O–H groups in total. The van der Waals surface area contributed by atoms with Crippen LogP contribution in [0.25, 0.3) is 0 Å². The second kappa shape index (κ2) is 10.5. The normalized spacial score (nSPS) is 17.4. The first-order valence-corrected chi connectivity index (χ1v) is 10.2. The van der Waals surface area contributed by atoms with Crippen molar-refractivity contribution in [1.82, 2.24) is 10.6 Å². The summed E-state index contributed by atoms with van der Waals surface area (Å²) in [6.07, 6.45) is 4.28. The Morgan fingerprint density at radius 2 is 1.75 bits per heavy atom. The Morgan fingerprint density at radius 3 is 2.36 bits per heavy atom. The lowest BCUT2D eigenvalue weighted by atomic mass is 9.95. The summed E-state index contributed by atoms with van der Waals surface area (Å²) in [5, 5.41) is 5.78. The summed E-state index contributed by atoms with van der Waals surface area (Å²) < 4.78 is 11.2. The van der Waals surface area contributed by atoms with Gasteiger partial charge in [0.2, 0.25) is 5.91 Å². The van der Waals surface area contributed by atoms with Crippen LogP contribution in [0.3, 0.4) is 0 Å². The van der Waals surface area contributed by atoms with Gasteiger partial charge in [-0.05, 0) is 46.1 Å². The van der Waals surface area contributed by atoms with Gasteiger partial charge in [0.15, 0.2) is 0 Å². The molecule has 2 amide bonds. The van der Waals surface area contributed by atoms with E-state index in [2.05, 4.69) is 10.6 Å². The summed E-state index contributed by atoms with van der Waals surface area (Å²) in [5.41, 5.74) is 0.376. The van der Waals surface area contributed by atoms with E-state index in [1.54, 1.807) is 27.7 Å². The van der Waals surface area contributed by atoms with Crippen molar-refractivity contribution >= 4 is 12.0 Å². The average Bonchev–Trinajstić information content (AvgIpc) is 2.64. The second-order valence-electron chi connectivity index (χ2n) is 8.47. The molecule has 1 aliphatic carbocycles. The number of rotatable bonds is 7. The third kappa shape index (κ3) is 7.89. The van der Waals surface area contributed by atoms with Crippen molar-refractivity contribution in [3.63, 3.8) is 0 Å². The standard InChI is InChI=1S/C22H34N2O4/c1-16(27-15-17-11-7-5-8-12-17)19(24-21(26)28-22(2,3)4)20(25)23-18-13-9-6-10-14-18/h5,7-8,11-12,16,18-19H,6,9-10,13-15H2,1-4H3,(H,23,25)(H,24,26)/t16-,19+/m0/s1. The van der Waals surface area contributed by atoms with E-state index in [9.17, 15) is 9.59 Å². The first-order valence-electron chi connectivity index (χ1n) is 10.2. The highest BCUT2D eigenvalue weighted by Crippen LogP contribution is 2.18. The molecular weight excluding hydrogens is 356 g/mol. The molecule has 2 atom stereocenters. The Bertz CT molecular complexity index is 621. The first kappa shape index (κ1) is 22.2. The first-order chi connectivity index (χ1) is 13.2. The molecule has 6 nitrogen and oxygen atoms in total. The van der Waals surface area contributed by atoms with Gasteiger partial charge in [-0.3, -0.25) is 4.79 Å². The molecule has 1 aromatic rings. The maximum Gasteiger partial charge on any atom is 0.408 e. The highest BCUT2D eigenvalue weighted by atomic mass is 16.6. The van der Waals surface area contributed by atoms with E-state index < -0.39 is 23.8 Å². The monoisotopic (exact) mass is 390 g/mol. The third-order valence-corrected chi connectivity index (χ3v) is 4.73. The van der Waals surface area contributed by atoms with Crippen LogP contribution in [0.5, 0.6) is 0 Å². The fraction of sp³-hybridized carbons (Fsp3) is 0.636. The minimum Gasteiger partial charge on any atom is -0.444 e. The highest BCUT2D eigenvalue weighted by molar-refractivity contribution is 5.86. The van der Waals surface area contributed by atoms with Gasteiger partial charge in [0.05, 0.1) is 12.7 Å². The van der Waals surface area contributed by atoms with E-state index >= 15 is 0 Å². The number of amides is 2. The lowest BCUT2D eigenvalue weighted by Crippen LogP contribution is -2.55. The maximum absolute atomic E-state index is 12.9. The Kier molecular flexibility index (Phi) is 8.30. The molecule has 0 spiro atoms. The molecule has 0 aromatic heterocycles. The van der Waals surface area contributed by atoms with Gasteiger partial charge in [0.1, 0.15) is 11.6 Å². The van der Waals surface area contributed by atoms with Crippen molar-refractivity contribution in [1.29, 1.82) is 0 Å². The molecule has 1 aromatic carbocycles. The van der Waals surface area contributed by atoms with Crippen LogP contribution in [0.4, 0.5) is 4.79 Å². The summed E-state index contributed by atoms with van der Waals surface area (Å²) in [5.74, 6) is -0.224. The second-order valence-corrected chi connectivity index (χ2v) is 8.47. The minimum atomic E-state index is -0.819. The summed E-state index contributed by atoms with van der Waals surface area (Å²) >= 11 is 0. The largest absolute Gasteiger partial charge is 0.444 e. The molecule has 1 fully saturated rings. The van der Waals surface area contributed by atoms with E-state index in [4.69, 9.17) is 9.47 Å². The van der Waals surface area contributed by atoms with Gasteiger partial charge in [0.25, 0.3) is 0 Å². The minimum absolute atomic E-state index is 0.158. The van der Waals surface area contributed by atoms with E-state index in [-0.39, 0.29) is 11.9 Å². The maximum atomic E-state index is 12.9. The van der Waals surface area contributed by atoms with E-state index in [1.165, 1.54) is 6.42 Å². The Hall–Kier alpha value is -2.08. The Morgan fingerprint density at radius 1 is 1.11 bits per heavy atom. The van der Waals surface area contributed by atoms with Gasteiger partial charge in [0, 0.05) is 6.04 Å².